The molecular weight excluding hydrogens is 318 g/mol. The molecule has 0 bridgehead atoms. The SMILES string of the molecule is COc1ncccc1NC(=O)NCc1ccc(N2CCCCC2)nc1. The highest BCUT2D eigenvalue weighted by Crippen LogP contribution is 2.20. The van der Waals surface area contributed by atoms with E-state index in [0.717, 1.165) is 24.5 Å². The summed E-state index contributed by atoms with van der Waals surface area (Å²) in [5.41, 5.74) is 1.48. The first-order valence-electron chi connectivity index (χ1n) is 8.50. The zero-order valence-corrected chi connectivity index (χ0v) is 14.4. The summed E-state index contributed by atoms with van der Waals surface area (Å²) in [4.78, 5) is 22.9. The van der Waals surface area contributed by atoms with E-state index in [4.69, 9.17) is 4.74 Å². The maximum atomic E-state index is 12.0. The first kappa shape index (κ1) is 17.0. The van der Waals surface area contributed by atoms with Crippen LogP contribution >= 0.6 is 0 Å². The van der Waals surface area contributed by atoms with Crippen LogP contribution in [0, 0.1) is 0 Å². The first-order valence-corrected chi connectivity index (χ1v) is 8.50. The van der Waals surface area contributed by atoms with E-state index in [0.29, 0.717) is 18.1 Å². The fraction of sp³-hybridized carbons (Fsp3) is 0.389. The number of aromatic nitrogens is 2. The Balaban J connectivity index is 1.51. The average Bonchev–Trinajstić information content (AvgIpc) is 2.68. The highest BCUT2D eigenvalue weighted by molar-refractivity contribution is 5.90. The van der Waals surface area contributed by atoms with E-state index in [-0.39, 0.29) is 6.03 Å². The van der Waals surface area contributed by atoms with Crippen LogP contribution in [-0.2, 0) is 6.54 Å². The maximum Gasteiger partial charge on any atom is 0.319 e. The molecule has 1 aliphatic rings. The van der Waals surface area contributed by atoms with Crippen molar-refractivity contribution in [3.8, 4) is 5.88 Å². The lowest BCUT2D eigenvalue weighted by molar-refractivity contribution is 0.251. The van der Waals surface area contributed by atoms with Gasteiger partial charge in [-0.1, -0.05) is 6.07 Å². The molecule has 2 aromatic heterocycles. The average molecular weight is 341 g/mol. The van der Waals surface area contributed by atoms with Gasteiger partial charge in [0.2, 0.25) is 5.88 Å². The molecule has 0 saturated carbocycles. The predicted octanol–water partition coefficient (Wildman–Crippen LogP) is 2.80. The summed E-state index contributed by atoms with van der Waals surface area (Å²) in [5.74, 6) is 1.39. The normalized spacial score (nSPS) is 14.0. The van der Waals surface area contributed by atoms with Crippen molar-refractivity contribution in [1.82, 2.24) is 15.3 Å². The number of nitrogens with one attached hydrogen (secondary N) is 2. The fourth-order valence-corrected chi connectivity index (χ4v) is 2.83. The number of ether oxygens (including phenoxy) is 1. The van der Waals surface area contributed by atoms with E-state index in [2.05, 4.69) is 25.5 Å². The fourth-order valence-electron chi connectivity index (χ4n) is 2.83. The minimum absolute atomic E-state index is 0.314. The van der Waals surface area contributed by atoms with Crippen molar-refractivity contribution < 1.29 is 9.53 Å². The van der Waals surface area contributed by atoms with E-state index in [9.17, 15) is 4.79 Å². The second-order valence-corrected chi connectivity index (χ2v) is 5.94. The van der Waals surface area contributed by atoms with Crippen molar-refractivity contribution in [1.29, 1.82) is 0 Å². The number of piperidine rings is 1. The molecule has 1 aliphatic heterocycles. The summed E-state index contributed by atoms with van der Waals surface area (Å²) in [6, 6.07) is 7.18. The Bertz CT molecular complexity index is 699. The molecule has 0 spiro atoms. The molecule has 0 aliphatic carbocycles. The van der Waals surface area contributed by atoms with Crippen molar-refractivity contribution in [3.63, 3.8) is 0 Å². The second-order valence-electron chi connectivity index (χ2n) is 5.94. The zero-order chi connectivity index (χ0) is 17.5. The van der Waals surface area contributed by atoms with Crippen LogP contribution in [0.25, 0.3) is 0 Å². The molecule has 7 heteroatoms. The van der Waals surface area contributed by atoms with E-state index >= 15 is 0 Å². The molecule has 1 fully saturated rings. The van der Waals surface area contributed by atoms with Crippen LogP contribution in [0.2, 0.25) is 0 Å². The molecule has 132 valence electrons. The summed E-state index contributed by atoms with van der Waals surface area (Å²) in [7, 11) is 1.51. The topological polar surface area (TPSA) is 79.4 Å². The Hall–Kier alpha value is -2.83. The van der Waals surface area contributed by atoms with Gasteiger partial charge in [-0.15, -0.1) is 0 Å². The van der Waals surface area contributed by atoms with Crippen molar-refractivity contribution in [2.45, 2.75) is 25.8 Å². The smallest absolute Gasteiger partial charge is 0.319 e. The van der Waals surface area contributed by atoms with Gasteiger partial charge < -0.3 is 20.3 Å². The van der Waals surface area contributed by atoms with E-state index in [1.54, 1.807) is 18.3 Å². The van der Waals surface area contributed by atoms with Gasteiger partial charge in [-0.05, 0) is 43.0 Å². The van der Waals surface area contributed by atoms with Gasteiger partial charge >= 0.3 is 6.03 Å². The third kappa shape index (κ3) is 4.59. The lowest BCUT2D eigenvalue weighted by Gasteiger charge is -2.27. The monoisotopic (exact) mass is 341 g/mol. The predicted molar refractivity (Wildman–Crippen MR) is 96.9 cm³/mol. The molecule has 2 amide bonds. The highest BCUT2D eigenvalue weighted by atomic mass is 16.5. The number of hydrogen-bond donors (Lipinski definition) is 2. The molecule has 0 aromatic carbocycles. The number of carbonyl (C=O) groups is 1. The number of nitrogens with zero attached hydrogens (tertiary/aromatic N) is 3. The molecule has 7 nitrogen and oxygen atoms in total. The van der Waals surface area contributed by atoms with Gasteiger partial charge in [0, 0.05) is 32.0 Å². The van der Waals surface area contributed by atoms with Crippen molar-refractivity contribution in [3.05, 3.63) is 42.2 Å². The summed E-state index contributed by atoms with van der Waals surface area (Å²) in [6.07, 6.45) is 7.17. The first-order chi connectivity index (χ1) is 12.3. The number of amides is 2. The Morgan fingerprint density at radius 1 is 1.20 bits per heavy atom. The van der Waals surface area contributed by atoms with Gasteiger partial charge in [0.25, 0.3) is 0 Å². The van der Waals surface area contributed by atoms with Crippen LogP contribution < -0.4 is 20.3 Å². The number of anilines is 2. The van der Waals surface area contributed by atoms with Crippen molar-refractivity contribution in [2.75, 3.05) is 30.4 Å². The van der Waals surface area contributed by atoms with E-state index in [1.807, 2.05) is 18.3 Å². The summed E-state index contributed by atoms with van der Waals surface area (Å²) in [5, 5.41) is 5.54. The Kier molecular flexibility index (Phi) is 5.66. The number of hydrogen-bond acceptors (Lipinski definition) is 5. The van der Waals surface area contributed by atoms with Gasteiger partial charge in [-0.2, -0.15) is 0 Å². The van der Waals surface area contributed by atoms with Gasteiger partial charge in [0.1, 0.15) is 11.5 Å². The standard InChI is InChI=1S/C18H23N5O2/c1-25-17-15(6-5-9-19-17)22-18(24)21-13-14-7-8-16(20-12-14)23-10-3-2-4-11-23/h5-9,12H,2-4,10-11,13H2,1H3,(H2,21,22,24). The second kappa shape index (κ2) is 8.32. The van der Waals surface area contributed by atoms with Crippen LogP contribution in [0.3, 0.4) is 0 Å². The molecule has 2 N–H and O–H groups in total. The molecule has 2 aromatic rings. The Labute approximate surface area is 147 Å². The van der Waals surface area contributed by atoms with Gasteiger partial charge in [0.15, 0.2) is 0 Å². The van der Waals surface area contributed by atoms with Crippen LogP contribution in [-0.4, -0.2) is 36.2 Å². The maximum absolute atomic E-state index is 12.0. The van der Waals surface area contributed by atoms with Crippen LogP contribution in [0.1, 0.15) is 24.8 Å². The molecule has 0 atom stereocenters. The third-order valence-corrected chi connectivity index (χ3v) is 4.15. The Morgan fingerprint density at radius 2 is 2.04 bits per heavy atom. The molecule has 1 saturated heterocycles. The van der Waals surface area contributed by atoms with Gasteiger partial charge in [-0.25, -0.2) is 14.8 Å². The molecular formula is C18H23N5O2. The zero-order valence-electron chi connectivity index (χ0n) is 14.4. The van der Waals surface area contributed by atoms with Crippen molar-refractivity contribution in [2.24, 2.45) is 0 Å². The lowest BCUT2D eigenvalue weighted by atomic mass is 10.1. The number of urea groups is 1. The molecule has 0 unspecified atom stereocenters. The molecule has 3 heterocycles. The number of carbonyl (C=O) groups excluding carboxylic acids is 1. The van der Waals surface area contributed by atoms with Crippen LogP contribution in [0.5, 0.6) is 5.88 Å². The summed E-state index contributed by atoms with van der Waals surface area (Å²) < 4.78 is 5.11. The van der Waals surface area contributed by atoms with Gasteiger partial charge in [-0.3, -0.25) is 0 Å². The molecule has 3 rings (SSSR count). The molecule has 0 radical (unpaired) electrons. The minimum Gasteiger partial charge on any atom is -0.480 e. The van der Waals surface area contributed by atoms with Crippen LogP contribution in [0.4, 0.5) is 16.3 Å². The number of methoxy groups -OCH3 is 1. The number of pyridine rings is 2. The largest absolute Gasteiger partial charge is 0.480 e. The van der Waals surface area contributed by atoms with Crippen molar-refractivity contribution >= 4 is 17.5 Å². The van der Waals surface area contributed by atoms with E-state index in [1.165, 1.54) is 26.4 Å². The third-order valence-electron chi connectivity index (χ3n) is 4.15. The number of rotatable bonds is 5. The summed E-state index contributed by atoms with van der Waals surface area (Å²) >= 11 is 0. The molecule has 25 heavy (non-hydrogen) atoms. The Morgan fingerprint density at radius 3 is 2.76 bits per heavy atom. The van der Waals surface area contributed by atoms with E-state index < -0.39 is 0 Å². The summed E-state index contributed by atoms with van der Waals surface area (Å²) in [6.45, 7) is 2.54. The van der Waals surface area contributed by atoms with Gasteiger partial charge in [0.05, 0.1) is 7.11 Å². The quantitative estimate of drug-likeness (QED) is 0.874. The van der Waals surface area contributed by atoms with Crippen LogP contribution in [0.15, 0.2) is 36.7 Å². The highest BCUT2D eigenvalue weighted by Gasteiger charge is 2.12. The lowest BCUT2D eigenvalue weighted by Crippen LogP contribution is -2.30. The minimum atomic E-state index is -0.314.